The van der Waals surface area contributed by atoms with Crippen LogP contribution in [0.5, 0.6) is 5.75 Å². The molecule has 9 heteroatoms. The number of halogens is 2. The van der Waals surface area contributed by atoms with Crippen molar-refractivity contribution in [3.63, 3.8) is 0 Å². The Hall–Kier alpha value is -2.06. The Morgan fingerprint density at radius 2 is 2.00 bits per heavy atom. The zero-order chi connectivity index (χ0) is 20.3. The van der Waals surface area contributed by atoms with E-state index in [-0.39, 0.29) is 13.2 Å². The molecule has 148 valence electrons. The Kier molecular flexibility index (Phi) is 6.61. The number of nitrogens with two attached hydrogens (primary N) is 1. The smallest absolute Gasteiger partial charge is 0.250 e. The van der Waals surface area contributed by atoms with Crippen molar-refractivity contribution in [3.8, 4) is 17.1 Å². The Balaban J connectivity index is 1.82. The van der Waals surface area contributed by atoms with E-state index in [2.05, 4.69) is 4.98 Å². The van der Waals surface area contributed by atoms with Crippen molar-refractivity contribution >= 4 is 40.4 Å². The summed E-state index contributed by atoms with van der Waals surface area (Å²) in [6.07, 6.45) is 0.566. The minimum absolute atomic E-state index is 0.0569. The lowest BCUT2D eigenvalue weighted by Gasteiger charge is -2.09. The average molecular weight is 440 g/mol. The molecule has 2 heterocycles. The molecule has 28 heavy (non-hydrogen) atoms. The predicted octanol–water partition coefficient (Wildman–Crippen LogP) is 4.29. The van der Waals surface area contributed by atoms with Gasteiger partial charge in [0.05, 0.1) is 17.0 Å². The highest BCUT2D eigenvalue weighted by molar-refractivity contribution is 7.09. The van der Waals surface area contributed by atoms with Gasteiger partial charge in [-0.3, -0.25) is 4.79 Å². The molecule has 0 bridgehead atoms. The molecule has 0 aliphatic carbocycles. The molecule has 1 amide bonds. The lowest BCUT2D eigenvalue weighted by atomic mass is 10.2. The number of carbonyl (C=O) groups excluding carboxylic acids is 1. The van der Waals surface area contributed by atoms with E-state index in [4.69, 9.17) is 38.8 Å². The highest BCUT2D eigenvalue weighted by Gasteiger charge is 2.18. The molecule has 2 aromatic heterocycles. The van der Waals surface area contributed by atoms with Gasteiger partial charge in [0.2, 0.25) is 0 Å². The molecule has 0 unspecified atom stereocenters. The van der Waals surface area contributed by atoms with Gasteiger partial charge in [0.25, 0.3) is 5.91 Å². The van der Waals surface area contributed by atoms with Gasteiger partial charge in [-0.05, 0) is 37.6 Å². The largest absolute Gasteiger partial charge is 0.486 e. The molecule has 3 N–H and O–H groups in total. The van der Waals surface area contributed by atoms with Gasteiger partial charge in [-0.2, -0.15) is 0 Å². The van der Waals surface area contributed by atoms with Crippen LogP contribution in [0.25, 0.3) is 11.4 Å². The lowest BCUT2D eigenvalue weighted by molar-refractivity contribution is 0.0999. The van der Waals surface area contributed by atoms with Crippen LogP contribution in [0.3, 0.4) is 0 Å². The maximum Gasteiger partial charge on any atom is 0.250 e. The molecule has 0 aliphatic rings. The van der Waals surface area contributed by atoms with Crippen molar-refractivity contribution < 1.29 is 14.6 Å². The quantitative estimate of drug-likeness (QED) is 0.547. The first-order valence-corrected chi connectivity index (χ1v) is 10.2. The molecule has 6 nitrogen and oxygen atoms in total. The summed E-state index contributed by atoms with van der Waals surface area (Å²) in [4.78, 5) is 16.3. The zero-order valence-electron chi connectivity index (χ0n) is 15.1. The number of primary amides is 1. The highest BCUT2D eigenvalue weighted by atomic mass is 35.5. The molecule has 0 fully saturated rings. The average Bonchev–Trinajstić information content (AvgIpc) is 3.22. The fourth-order valence-electron chi connectivity index (χ4n) is 2.88. The molecular formula is C19H19Cl2N3O3S. The minimum atomic E-state index is -0.488. The Morgan fingerprint density at radius 1 is 1.29 bits per heavy atom. The van der Waals surface area contributed by atoms with E-state index >= 15 is 0 Å². The molecule has 0 spiro atoms. The van der Waals surface area contributed by atoms with Gasteiger partial charge in [0.1, 0.15) is 17.4 Å². The number of aliphatic hydroxyl groups is 1. The molecule has 0 aliphatic heterocycles. The van der Waals surface area contributed by atoms with E-state index in [0.29, 0.717) is 34.3 Å². The first-order valence-electron chi connectivity index (χ1n) is 8.53. The van der Waals surface area contributed by atoms with Crippen LogP contribution in [-0.2, 0) is 13.2 Å². The van der Waals surface area contributed by atoms with Crippen LogP contribution in [0.4, 0.5) is 0 Å². The van der Waals surface area contributed by atoms with Crippen molar-refractivity contribution in [3.05, 3.63) is 56.0 Å². The van der Waals surface area contributed by atoms with Gasteiger partial charge < -0.3 is 20.1 Å². The fourth-order valence-corrected chi connectivity index (χ4v) is 4.08. The van der Waals surface area contributed by atoms with Gasteiger partial charge in [-0.1, -0.05) is 23.2 Å². The second kappa shape index (κ2) is 8.96. The number of hydrogen-bond donors (Lipinski definition) is 2. The van der Waals surface area contributed by atoms with E-state index in [1.54, 1.807) is 24.3 Å². The molecule has 1 aromatic carbocycles. The fraction of sp³-hybridized carbons (Fsp3) is 0.263. The van der Waals surface area contributed by atoms with Crippen molar-refractivity contribution in [2.75, 3.05) is 6.61 Å². The summed E-state index contributed by atoms with van der Waals surface area (Å²) in [6.45, 7) is 2.72. The summed E-state index contributed by atoms with van der Waals surface area (Å²) in [5, 5.41) is 12.8. The number of amides is 1. The molecule has 0 saturated carbocycles. The topological polar surface area (TPSA) is 90.4 Å². The maximum absolute atomic E-state index is 11.7. The summed E-state index contributed by atoms with van der Waals surface area (Å²) in [6, 6.07) is 6.75. The standard InChI is InChI=1S/C19H19Cl2N3O3S/c1-11-15(19(22)26)8-17(24(11)3-2-4-25)16-10-28-18(23-16)9-27-14-6-12(20)5-13(21)7-14/h5-8,10,25H,2-4,9H2,1H3,(H2,22,26). The number of aromatic nitrogens is 2. The SMILES string of the molecule is Cc1c(C(N)=O)cc(-c2csc(COc3cc(Cl)cc(Cl)c3)n2)n1CCCO. The Morgan fingerprint density at radius 3 is 2.64 bits per heavy atom. The van der Waals surface area contributed by atoms with Gasteiger partial charge in [-0.15, -0.1) is 11.3 Å². The first-order chi connectivity index (χ1) is 13.4. The van der Waals surface area contributed by atoms with E-state index in [0.717, 1.165) is 22.1 Å². The number of ether oxygens (including phenoxy) is 1. The van der Waals surface area contributed by atoms with E-state index in [1.165, 1.54) is 11.3 Å². The summed E-state index contributed by atoms with van der Waals surface area (Å²) < 4.78 is 7.68. The number of rotatable bonds is 8. The number of thiazole rings is 1. The monoisotopic (exact) mass is 439 g/mol. The molecule has 0 atom stereocenters. The minimum Gasteiger partial charge on any atom is -0.486 e. The van der Waals surface area contributed by atoms with Gasteiger partial charge in [0, 0.05) is 34.3 Å². The predicted molar refractivity (Wildman–Crippen MR) is 111 cm³/mol. The van der Waals surface area contributed by atoms with Crippen LogP contribution in [0.2, 0.25) is 10.0 Å². The normalized spacial score (nSPS) is 11.0. The summed E-state index contributed by atoms with van der Waals surface area (Å²) in [7, 11) is 0. The van der Waals surface area contributed by atoms with E-state index in [9.17, 15) is 4.79 Å². The number of carbonyl (C=O) groups is 1. The van der Waals surface area contributed by atoms with Crippen molar-refractivity contribution in [2.24, 2.45) is 5.73 Å². The third-order valence-corrected chi connectivity index (χ3v) is 5.44. The van der Waals surface area contributed by atoms with Crippen molar-refractivity contribution in [2.45, 2.75) is 26.5 Å². The number of aliphatic hydroxyl groups excluding tert-OH is 1. The molecule has 0 saturated heterocycles. The second-order valence-corrected chi connectivity index (χ2v) is 7.96. The van der Waals surface area contributed by atoms with Gasteiger partial charge >= 0.3 is 0 Å². The third kappa shape index (κ3) is 4.67. The first kappa shape index (κ1) is 20.7. The number of nitrogens with zero attached hydrogens (tertiary/aromatic N) is 2. The van der Waals surface area contributed by atoms with Crippen molar-refractivity contribution in [1.29, 1.82) is 0 Å². The molecule has 3 aromatic rings. The van der Waals surface area contributed by atoms with Crippen LogP contribution in [0.15, 0.2) is 29.6 Å². The number of hydrogen-bond acceptors (Lipinski definition) is 5. The zero-order valence-corrected chi connectivity index (χ0v) is 17.4. The van der Waals surface area contributed by atoms with Crippen LogP contribution in [-0.4, -0.2) is 27.2 Å². The van der Waals surface area contributed by atoms with Gasteiger partial charge in [-0.25, -0.2) is 4.98 Å². The number of benzene rings is 1. The van der Waals surface area contributed by atoms with Crippen LogP contribution in [0, 0.1) is 6.92 Å². The molecule has 0 radical (unpaired) electrons. The summed E-state index contributed by atoms with van der Waals surface area (Å²) >= 11 is 13.4. The third-order valence-electron chi connectivity index (χ3n) is 4.18. The molecule has 3 rings (SSSR count). The summed E-state index contributed by atoms with van der Waals surface area (Å²) in [5.41, 5.74) is 8.20. The van der Waals surface area contributed by atoms with Crippen LogP contribution >= 0.6 is 34.5 Å². The van der Waals surface area contributed by atoms with Gasteiger partial charge in [0.15, 0.2) is 0 Å². The Bertz CT molecular complexity index is 980. The second-order valence-electron chi connectivity index (χ2n) is 6.14. The van der Waals surface area contributed by atoms with Crippen LogP contribution < -0.4 is 10.5 Å². The molecular weight excluding hydrogens is 421 g/mol. The summed E-state index contributed by atoms with van der Waals surface area (Å²) in [5.74, 6) is 0.0746. The lowest BCUT2D eigenvalue weighted by Crippen LogP contribution is -2.12. The van der Waals surface area contributed by atoms with E-state index < -0.39 is 5.91 Å². The maximum atomic E-state index is 11.7. The van der Waals surface area contributed by atoms with E-state index in [1.807, 2.05) is 16.9 Å². The Labute approximate surface area is 176 Å². The van der Waals surface area contributed by atoms with Crippen LogP contribution in [0.1, 0.15) is 27.5 Å². The highest BCUT2D eigenvalue weighted by Crippen LogP contribution is 2.29. The van der Waals surface area contributed by atoms with Crippen molar-refractivity contribution in [1.82, 2.24) is 9.55 Å².